The summed E-state index contributed by atoms with van der Waals surface area (Å²) in [7, 11) is -7.65. The summed E-state index contributed by atoms with van der Waals surface area (Å²) in [6.07, 6.45) is 1.61. The van der Waals surface area contributed by atoms with Gasteiger partial charge in [0.05, 0.1) is 15.5 Å². The maximum absolute atomic E-state index is 12.5. The average molecular weight is 421 g/mol. The first-order valence-electron chi connectivity index (χ1n) is 7.27. The maximum atomic E-state index is 12.5. The molecule has 0 bridgehead atoms. The van der Waals surface area contributed by atoms with E-state index in [0.29, 0.717) is 0 Å². The topological polar surface area (TPSA) is 92.3 Å². The van der Waals surface area contributed by atoms with Crippen LogP contribution in [0.3, 0.4) is 0 Å². The molecule has 0 spiro atoms. The summed E-state index contributed by atoms with van der Waals surface area (Å²) < 4.78 is 54.3. The fraction of sp³-hybridized carbons (Fsp3) is 0.200. The zero-order chi connectivity index (χ0) is 18.2. The van der Waals surface area contributed by atoms with E-state index in [9.17, 15) is 16.8 Å². The number of anilines is 1. The second-order valence-electron chi connectivity index (χ2n) is 5.63. The molecule has 1 aliphatic carbocycles. The van der Waals surface area contributed by atoms with Gasteiger partial charge in [-0.05, 0) is 49.2 Å². The lowest BCUT2D eigenvalue weighted by molar-refractivity contribution is 0.581. The quantitative estimate of drug-likeness (QED) is 0.749. The van der Waals surface area contributed by atoms with Crippen molar-refractivity contribution in [3.63, 3.8) is 0 Å². The Morgan fingerprint density at radius 2 is 1.48 bits per heavy atom. The molecule has 1 fully saturated rings. The molecular formula is C15H14Cl2N2O4S2. The van der Waals surface area contributed by atoms with Crippen molar-refractivity contribution in [1.82, 2.24) is 4.72 Å². The highest BCUT2D eigenvalue weighted by Crippen LogP contribution is 2.26. The Labute approximate surface area is 156 Å². The minimum atomic E-state index is -3.97. The molecule has 1 aliphatic rings. The van der Waals surface area contributed by atoms with Gasteiger partial charge in [-0.15, -0.1) is 0 Å². The van der Waals surface area contributed by atoms with Gasteiger partial charge >= 0.3 is 0 Å². The van der Waals surface area contributed by atoms with E-state index in [0.717, 1.165) is 12.8 Å². The van der Waals surface area contributed by atoms with Gasteiger partial charge in [0.25, 0.3) is 10.0 Å². The van der Waals surface area contributed by atoms with Crippen molar-refractivity contribution in [2.24, 2.45) is 0 Å². The van der Waals surface area contributed by atoms with E-state index >= 15 is 0 Å². The predicted octanol–water partition coefficient (Wildman–Crippen LogP) is 3.23. The molecular weight excluding hydrogens is 407 g/mol. The van der Waals surface area contributed by atoms with E-state index in [2.05, 4.69) is 9.44 Å². The lowest BCUT2D eigenvalue weighted by Crippen LogP contribution is -2.25. The van der Waals surface area contributed by atoms with Crippen molar-refractivity contribution in [1.29, 1.82) is 0 Å². The fourth-order valence-corrected chi connectivity index (χ4v) is 5.24. The summed E-state index contributed by atoms with van der Waals surface area (Å²) in [6, 6.07) is 9.46. The van der Waals surface area contributed by atoms with Gasteiger partial charge in [-0.1, -0.05) is 29.3 Å². The smallest absolute Gasteiger partial charge is 0.261 e. The third-order valence-corrected chi connectivity index (χ3v) is 6.76. The van der Waals surface area contributed by atoms with Crippen molar-refractivity contribution < 1.29 is 16.8 Å². The Kier molecular flexibility index (Phi) is 5.00. The van der Waals surface area contributed by atoms with Crippen LogP contribution in [-0.4, -0.2) is 22.9 Å². The van der Waals surface area contributed by atoms with E-state index < -0.39 is 20.0 Å². The third-order valence-electron chi connectivity index (χ3n) is 3.44. The highest BCUT2D eigenvalue weighted by molar-refractivity contribution is 7.92. The van der Waals surface area contributed by atoms with Gasteiger partial charge in [-0.3, -0.25) is 4.72 Å². The number of hydrogen-bond donors (Lipinski definition) is 2. The van der Waals surface area contributed by atoms with E-state index in [1.165, 1.54) is 42.5 Å². The molecule has 10 heteroatoms. The van der Waals surface area contributed by atoms with Crippen LogP contribution in [0.2, 0.25) is 10.0 Å². The molecule has 0 unspecified atom stereocenters. The second-order valence-corrected chi connectivity index (χ2v) is 9.90. The van der Waals surface area contributed by atoms with Crippen LogP contribution < -0.4 is 9.44 Å². The largest absolute Gasteiger partial charge is 0.280 e. The molecule has 25 heavy (non-hydrogen) atoms. The minimum Gasteiger partial charge on any atom is -0.280 e. The molecule has 134 valence electrons. The summed E-state index contributed by atoms with van der Waals surface area (Å²) in [5.74, 6) is 0. The molecule has 0 aromatic heterocycles. The highest BCUT2D eigenvalue weighted by atomic mass is 35.5. The number of sulfonamides is 2. The predicted molar refractivity (Wildman–Crippen MR) is 97.1 cm³/mol. The molecule has 0 aliphatic heterocycles. The molecule has 0 saturated heterocycles. The van der Waals surface area contributed by atoms with E-state index in [1.54, 1.807) is 0 Å². The zero-order valence-electron chi connectivity index (χ0n) is 12.7. The molecule has 0 heterocycles. The van der Waals surface area contributed by atoms with E-state index in [4.69, 9.17) is 23.2 Å². The number of halogens is 2. The van der Waals surface area contributed by atoms with Crippen LogP contribution >= 0.6 is 23.2 Å². The van der Waals surface area contributed by atoms with Gasteiger partial charge in [0, 0.05) is 16.1 Å². The standard InChI is InChI=1S/C15H14Cl2N2O4S2/c16-10-6-11(17)8-15(7-10)25(22,23)19-13-2-1-3-14(9-13)24(20,21)18-12-4-5-12/h1-3,6-9,12,18-19H,4-5H2. The minimum absolute atomic E-state index is 0.0104. The number of rotatable bonds is 6. The fourth-order valence-electron chi connectivity index (χ4n) is 2.11. The Bertz CT molecular complexity index is 999. The SMILES string of the molecule is O=S(=O)(Nc1cccc(S(=O)(=O)NC2CC2)c1)c1cc(Cl)cc(Cl)c1. The van der Waals surface area contributed by atoms with Crippen LogP contribution in [0.15, 0.2) is 52.3 Å². The van der Waals surface area contributed by atoms with Gasteiger partial charge in [-0.2, -0.15) is 0 Å². The number of benzene rings is 2. The monoisotopic (exact) mass is 420 g/mol. The van der Waals surface area contributed by atoms with Crippen LogP contribution in [0, 0.1) is 0 Å². The first-order chi connectivity index (χ1) is 11.7. The van der Waals surface area contributed by atoms with Crippen LogP contribution in [0.4, 0.5) is 5.69 Å². The molecule has 6 nitrogen and oxygen atoms in total. The van der Waals surface area contributed by atoms with Gasteiger partial charge in [0.2, 0.25) is 10.0 Å². The lowest BCUT2D eigenvalue weighted by Gasteiger charge is -2.11. The molecule has 1 saturated carbocycles. The van der Waals surface area contributed by atoms with Crippen LogP contribution in [0.25, 0.3) is 0 Å². The molecule has 2 aromatic carbocycles. The average Bonchev–Trinajstić information content (AvgIpc) is 3.29. The second kappa shape index (κ2) is 6.77. The van der Waals surface area contributed by atoms with Crippen LogP contribution in [-0.2, 0) is 20.0 Å². The molecule has 0 atom stereocenters. The Morgan fingerprint density at radius 1 is 0.840 bits per heavy atom. The molecule has 0 radical (unpaired) electrons. The molecule has 2 aromatic rings. The van der Waals surface area contributed by atoms with Crippen LogP contribution in [0.5, 0.6) is 0 Å². The summed E-state index contributed by atoms with van der Waals surface area (Å²) in [5.41, 5.74) is 0.120. The van der Waals surface area contributed by atoms with Crippen molar-refractivity contribution in [3.8, 4) is 0 Å². The highest BCUT2D eigenvalue weighted by Gasteiger charge is 2.28. The molecule has 0 amide bonds. The van der Waals surface area contributed by atoms with Crippen molar-refractivity contribution in [3.05, 3.63) is 52.5 Å². The molecule has 2 N–H and O–H groups in total. The number of nitrogens with one attached hydrogen (secondary N) is 2. The van der Waals surface area contributed by atoms with Crippen molar-refractivity contribution >= 4 is 48.9 Å². The third kappa shape index (κ3) is 4.65. The Balaban J connectivity index is 1.88. The Morgan fingerprint density at radius 3 is 2.08 bits per heavy atom. The van der Waals surface area contributed by atoms with Crippen molar-refractivity contribution in [2.45, 2.75) is 28.7 Å². The summed E-state index contributed by atoms with van der Waals surface area (Å²) >= 11 is 11.7. The molecule has 3 rings (SSSR count). The van der Waals surface area contributed by atoms with Gasteiger partial charge in [0.15, 0.2) is 0 Å². The van der Waals surface area contributed by atoms with Gasteiger partial charge < -0.3 is 0 Å². The maximum Gasteiger partial charge on any atom is 0.261 e. The van der Waals surface area contributed by atoms with Crippen molar-refractivity contribution in [2.75, 3.05) is 4.72 Å². The van der Waals surface area contributed by atoms with Crippen LogP contribution in [0.1, 0.15) is 12.8 Å². The summed E-state index contributed by atoms with van der Waals surface area (Å²) in [4.78, 5) is -0.127. The summed E-state index contributed by atoms with van der Waals surface area (Å²) in [6.45, 7) is 0. The zero-order valence-corrected chi connectivity index (χ0v) is 15.9. The first kappa shape index (κ1) is 18.5. The first-order valence-corrected chi connectivity index (χ1v) is 11.0. The normalized spacial score (nSPS) is 15.1. The number of hydrogen-bond acceptors (Lipinski definition) is 4. The van der Waals surface area contributed by atoms with Gasteiger partial charge in [0.1, 0.15) is 0 Å². The lowest BCUT2D eigenvalue weighted by atomic mass is 10.3. The Hall–Kier alpha value is -1.32. The van der Waals surface area contributed by atoms with E-state index in [-0.39, 0.29) is 31.6 Å². The summed E-state index contributed by atoms with van der Waals surface area (Å²) in [5, 5.41) is 0.357. The van der Waals surface area contributed by atoms with Gasteiger partial charge in [-0.25, -0.2) is 21.6 Å². The van der Waals surface area contributed by atoms with E-state index in [1.807, 2.05) is 0 Å².